The normalized spacial score (nSPS) is 10.5. The van der Waals surface area contributed by atoms with E-state index in [1.54, 1.807) is 32.9 Å². The quantitative estimate of drug-likeness (QED) is 0.596. The zero-order valence-electron chi connectivity index (χ0n) is 14.1. The van der Waals surface area contributed by atoms with Crippen LogP contribution in [0.25, 0.3) is 0 Å². The molecule has 1 aromatic heterocycles. The monoisotopic (exact) mass is 332 g/mol. The maximum atomic E-state index is 12.4. The van der Waals surface area contributed by atoms with Gasteiger partial charge in [-0.15, -0.1) is 0 Å². The van der Waals surface area contributed by atoms with Crippen molar-refractivity contribution in [2.45, 2.75) is 26.9 Å². The van der Waals surface area contributed by atoms with Crippen LogP contribution in [0.1, 0.15) is 17.0 Å². The molecule has 0 atom stereocenters. The smallest absolute Gasteiger partial charge is 0.312 e. The molecule has 0 radical (unpaired) electrons. The molecule has 8 nitrogen and oxygen atoms in total. The van der Waals surface area contributed by atoms with E-state index in [0.29, 0.717) is 17.9 Å². The van der Waals surface area contributed by atoms with Crippen LogP contribution < -0.4 is 4.74 Å². The first-order chi connectivity index (χ1) is 11.3. The number of nitro groups is 1. The Morgan fingerprint density at radius 3 is 2.46 bits per heavy atom. The fourth-order valence-electron chi connectivity index (χ4n) is 2.45. The van der Waals surface area contributed by atoms with E-state index in [-0.39, 0.29) is 18.1 Å². The van der Waals surface area contributed by atoms with E-state index in [4.69, 9.17) is 4.74 Å². The summed E-state index contributed by atoms with van der Waals surface area (Å²) in [5.41, 5.74) is 1.61. The predicted molar refractivity (Wildman–Crippen MR) is 87.8 cm³/mol. The van der Waals surface area contributed by atoms with E-state index >= 15 is 0 Å². The number of aryl methyl sites for hydroxylation is 1. The second-order valence-corrected chi connectivity index (χ2v) is 5.53. The molecule has 0 saturated heterocycles. The molecule has 0 aliphatic carbocycles. The molecule has 0 N–H and O–H groups in total. The summed E-state index contributed by atoms with van der Waals surface area (Å²) in [6.07, 6.45) is 0. The SMILES string of the molecule is COc1ccc(CN(C)C(=O)Cn2nc(C)c([N+](=O)[O-])c2C)cc1. The molecule has 0 spiro atoms. The number of aromatic nitrogens is 2. The number of hydrogen-bond acceptors (Lipinski definition) is 5. The molecule has 0 aliphatic rings. The summed E-state index contributed by atoms with van der Waals surface area (Å²) in [6.45, 7) is 3.56. The third kappa shape index (κ3) is 3.70. The lowest BCUT2D eigenvalue weighted by molar-refractivity contribution is -0.386. The zero-order valence-corrected chi connectivity index (χ0v) is 14.1. The van der Waals surface area contributed by atoms with Gasteiger partial charge in [0.05, 0.1) is 12.0 Å². The van der Waals surface area contributed by atoms with Gasteiger partial charge in [0.15, 0.2) is 0 Å². The molecular weight excluding hydrogens is 312 g/mol. The zero-order chi connectivity index (χ0) is 17.9. The van der Waals surface area contributed by atoms with E-state index in [1.807, 2.05) is 24.3 Å². The van der Waals surface area contributed by atoms with E-state index in [9.17, 15) is 14.9 Å². The number of amides is 1. The number of rotatable bonds is 6. The van der Waals surface area contributed by atoms with Crippen molar-refractivity contribution < 1.29 is 14.5 Å². The first kappa shape index (κ1) is 17.5. The second-order valence-electron chi connectivity index (χ2n) is 5.53. The molecule has 0 fully saturated rings. The highest BCUT2D eigenvalue weighted by Gasteiger charge is 2.23. The average Bonchev–Trinajstić information content (AvgIpc) is 2.81. The largest absolute Gasteiger partial charge is 0.497 e. The Morgan fingerprint density at radius 2 is 1.96 bits per heavy atom. The van der Waals surface area contributed by atoms with Gasteiger partial charge < -0.3 is 9.64 Å². The highest BCUT2D eigenvalue weighted by molar-refractivity contribution is 5.75. The second kappa shape index (κ2) is 7.12. The highest BCUT2D eigenvalue weighted by Crippen LogP contribution is 2.21. The number of carbonyl (C=O) groups is 1. The van der Waals surface area contributed by atoms with Gasteiger partial charge in [0, 0.05) is 13.6 Å². The molecule has 8 heteroatoms. The van der Waals surface area contributed by atoms with E-state index in [2.05, 4.69) is 5.10 Å². The first-order valence-corrected chi connectivity index (χ1v) is 7.38. The van der Waals surface area contributed by atoms with Crippen LogP contribution in [0.5, 0.6) is 5.75 Å². The molecule has 0 unspecified atom stereocenters. The van der Waals surface area contributed by atoms with Crippen molar-refractivity contribution in [1.82, 2.24) is 14.7 Å². The molecule has 2 rings (SSSR count). The number of nitrogens with zero attached hydrogens (tertiary/aromatic N) is 4. The third-order valence-corrected chi connectivity index (χ3v) is 3.82. The number of ether oxygens (including phenoxy) is 1. The van der Waals surface area contributed by atoms with E-state index in [1.165, 1.54) is 4.68 Å². The number of benzene rings is 1. The maximum Gasteiger partial charge on any atom is 0.312 e. The van der Waals surface area contributed by atoms with Gasteiger partial charge in [0.25, 0.3) is 0 Å². The Labute approximate surface area is 139 Å². The van der Waals surface area contributed by atoms with Crippen LogP contribution in [0, 0.1) is 24.0 Å². The van der Waals surface area contributed by atoms with Crippen molar-refractivity contribution in [2.75, 3.05) is 14.2 Å². The maximum absolute atomic E-state index is 12.4. The van der Waals surface area contributed by atoms with Crippen LogP contribution in [0.15, 0.2) is 24.3 Å². The van der Waals surface area contributed by atoms with Crippen molar-refractivity contribution in [1.29, 1.82) is 0 Å². The summed E-state index contributed by atoms with van der Waals surface area (Å²) in [5, 5.41) is 15.1. The number of hydrogen-bond donors (Lipinski definition) is 0. The third-order valence-electron chi connectivity index (χ3n) is 3.82. The van der Waals surface area contributed by atoms with Crippen LogP contribution in [0.3, 0.4) is 0 Å². The summed E-state index contributed by atoms with van der Waals surface area (Å²) >= 11 is 0. The molecule has 2 aromatic rings. The van der Waals surface area contributed by atoms with Crippen molar-refractivity contribution >= 4 is 11.6 Å². The Bertz CT molecular complexity index is 752. The lowest BCUT2D eigenvalue weighted by Crippen LogP contribution is -2.30. The average molecular weight is 332 g/mol. The molecule has 24 heavy (non-hydrogen) atoms. The number of carbonyl (C=O) groups excluding carboxylic acids is 1. The van der Waals surface area contributed by atoms with Gasteiger partial charge in [0.1, 0.15) is 23.7 Å². The Hall–Kier alpha value is -2.90. The van der Waals surface area contributed by atoms with Crippen LogP contribution in [0.4, 0.5) is 5.69 Å². The highest BCUT2D eigenvalue weighted by atomic mass is 16.6. The summed E-state index contributed by atoms with van der Waals surface area (Å²) in [5.74, 6) is 0.578. The van der Waals surface area contributed by atoms with Crippen molar-refractivity contribution in [3.8, 4) is 5.75 Å². The topological polar surface area (TPSA) is 90.5 Å². The van der Waals surface area contributed by atoms with Gasteiger partial charge in [-0.3, -0.25) is 19.6 Å². The molecule has 1 heterocycles. The van der Waals surface area contributed by atoms with E-state index < -0.39 is 4.92 Å². The molecule has 0 saturated carbocycles. The lowest BCUT2D eigenvalue weighted by atomic mass is 10.2. The van der Waals surface area contributed by atoms with Gasteiger partial charge in [-0.2, -0.15) is 5.10 Å². The molecule has 0 aliphatic heterocycles. The molecular formula is C16H20N4O4. The van der Waals surface area contributed by atoms with Gasteiger partial charge >= 0.3 is 5.69 Å². The number of methoxy groups -OCH3 is 1. The Kier molecular flexibility index (Phi) is 5.18. The van der Waals surface area contributed by atoms with Crippen LogP contribution in [0.2, 0.25) is 0 Å². The van der Waals surface area contributed by atoms with Crippen molar-refractivity contribution in [2.24, 2.45) is 0 Å². The summed E-state index contributed by atoms with van der Waals surface area (Å²) in [4.78, 5) is 24.5. The minimum absolute atomic E-state index is 0.0346. The standard InChI is InChI=1S/C16H20N4O4/c1-11-16(20(22)23)12(2)19(17-11)10-15(21)18(3)9-13-5-7-14(24-4)8-6-13/h5-8H,9-10H2,1-4H3. The molecule has 1 aromatic carbocycles. The van der Waals surface area contributed by atoms with Crippen LogP contribution >= 0.6 is 0 Å². The Balaban J connectivity index is 2.06. The van der Waals surface area contributed by atoms with Gasteiger partial charge in [-0.05, 0) is 31.5 Å². The summed E-state index contributed by atoms with van der Waals surface area (Å²) in [6, 6.07) is 7.43. The molecule has 0 bridgehead atoms. The summed E-state index contributed by atoms with van der Waals surface area (Å²) < 4.78 is 6.47. The van der Waals surface area contributed by atoms with Crippen molar-refractivity contribution in [3.05, 3.63) is 51.3 Å². The van der Waals surface area contributed by atoms with Gasteiger partial charge in [0.2, 0.25) is 5.91 Å². The van der Waals surface area contributed by atoms with Crippen molar-refractivity contribution in [3.63, 3.8) is 0 Å². The predicted octanol–water partition coefficient (Wildman–Crippen LogP) is 2.08. The Morgan fingerprint density at radius 1 is 1.33 bits per heavy atom. The van der Waals surface area contributed by atoms with Crippen LogP contribution in [-0.4, -0.2) is 39.7 Å². The lowest BCUT2D eigenvalue weighted by Gasteiger charge is -2.17. The fourth-order valence-corrected chi connectivity index (χ4v) is 2.45. The first-order valence-electron chi connectivity index (χ1n) is 7.38. The molecule has 1 amide bonds. The van der Waals surface area contributed by atoms with Gasteiger partial charge in [-0.25, -0.2) is 0 Å². The van der Waals surface area contributed by atoms with E-state index in [0.717, 1.165) is 11.3 Å². The number of likely N-dealkylation sites (N-methyl/N-ethyl adjacent to an activating group) is 1. The summed E-state index contributed by atoms with van der Waals surface area (Å²) in [7, 11) is 3.28. The minimum Gasteiger partial charge on any atom is -0.497 e. The van der Waals surface area contributed by atoms with Gasteiger partial charge in [-0.1, -0.05) is 12.1 Å². The molecule has 128 valence electrons. The van der Waals surface area contributed by atoms with Crippen LogP contribution in [-0.2, 0) is 17.9 Å². The fraction of sp³-hybridized carbons (Fsp3) is 0.375. The minimum atomic E-state index is -0.473.